The number of phenols is 1. The molecule has 40 heavy (non-hydrogen) atoms. The van der Waals surface area contributed by atoms with Gasteiger partial charge in [0.25, 0.3) is 0 Å². The normalized spacial score (nSPS) is 10.5. The van der Waals surface area contributed by atoms with Crippen LogP contribution in [-0.4, -0.2) is 24.6 Å². The quantitative estimate of drug-likeness (QED) is 0.143. The van der Waals surface area contributed by atoms with Crippen LogP contribution < -0.4 is 14.2 Å². The van der Waals surface area contributed by atoms with Gasteiger partial charge in [0.05, 0.1) is 12.9 Å². The number of rotatable bonds is 12. The third-order valence-corrected chi connectivity index (χ3v) is 5.15. The number of phenolic OH excluding ortho intramolecular Hbond substituents is 1. The van der Waals surface area contributed by atoms with Crippen molar-refractivity contribution in [3.63, 3.8) is 0 Å². The first kappa shape index (κ1) is 31.8. The number of aromatic hydroxyl groups is 1. The average molecular weight is 545 g/mol. The zero-order valence-electron chi connectivity index (χ0n) is 23.6. The molecule has 0 spiro atoms. The predicted molar refractivity (Wildman–Crippen MR) is 160 cm³/mol. The molecule has 0 radical (unpaired) electrons. The molecule has 0 heterocycles. The number of benzene rings is 4. The zero-order valence-corrected chi connectivity index (χ0v) is 23.6. The summed E-state index contributed by atoms with van der Waals surface area (Å²) in [5.41, 5.74) is 2.28. The van der Waals surface area contributed by atoms with Crippen molar-refractivity contribution in [2.45, 2.75) is 40.3 Å². The number of hydrogen-bond acceptors (Lipinski definition) is 6. The Morgan fingerprint density at radius 1 is 0.650 bits per heavy atom. The highest BCUT2D eigenvalue weighted by molar-refractivity contribution is 5.32. The molecule has 0 aliphatic heterocycles. The van der Waals surface area contributed by atoms with Crippen molar-refractivity contribution in [3.8, 4) is 23.0 Å². The SMILES string of the molecule is C=COCC.CCOC(C)Oc1ccc(OCc2ccccc2)cc1.Oc1ccc(OCc2ccccc2)cc1. The smallest absolute Gasteiger partial charge is 0.196 e. The number of ether oxygens (including phenoxy) is 5. The average Bonchev–Trinajstić information content (AvgIpc) is 2.99. The van der Waals surface area contributed by atoms with Gasteiger partial charge in [-0.2, -0.15) is 0 Å². The summed E-state index contributed by atoms with van der Waals surface area (Å²) in [5, 5.41) is 9.09. The van der Waals surface area contributed by atoms with Gasteiger partial charge in [-0.05, 0) is 80.4 Å². The summed E-state index contributed by atoms with van der Waals surface area (Å²) < 4.78 is 26.8. The first-order chi connectivity index (χ1) is 19.5. The van der Waals surface area contributed by atoms with Crippen molar-refractivity contribution in [3.05, 3.63) is 133 Å². The van der Waals surface area contributed by atoms with E-state index < -0.39 is 0 Å². The summed E-state index contributed by atoms with van der Waals surface area (Å²) in [6.07, 6.45) is 1.19. The van der Waals surface area contributed by atoms with Gasteiger partial charge in [0.2, 0.25) is 0 Å². The Bertz CT molecular complexity index is 1160. The van der Waals surface area contributed by atoms with E-state index in [1.165, 1.54) is 6.26 Å². The third-order valence-electron chi connectivity index (χ3n) is 5.15. The summed E-state index contributed by atoms with van der Waals surface area (Å²) in [4.78, 5) is 0. The van der Waals surface area contributed by atoms with Gasteiger partial charge < -0.3 is 28.8 Å². The van der Waals surface area contributed by atoms with E-state index in [-0.39, 0.29) is 12.0 Å². The molecule has 0 bridgehead atoms. The highest BCUT2D eigenvalue weighted by Gasteiger charge is 2.03. The summed E-state index contributed by atoms with van der Waals surface area (Å²) in [6, 6.07) is 34.3. The maximum absolute atomic E-state index is 9.09. The molecule has 1 N–H and O–H groups in total. The summed E-state index contributed by atoms with van der Waals surface area (Å²) in [6.45, 7) is 11.5. The predicted octanol–water partition coefficient (Wildman–Crippen LogP) is 8.16. The molecular weight excluding hydrogens is 504 g/mol. The van der Waals surface area contributed by atoms with Crippen LogP contribution in [0.25, 0.3) is 0 Å². The van der Waals surface area contributed by atoms with E-state index in [9.17, 15) is 0 Å². The highest BCUT2D eigenvalue weighted by atomic mass is 16.7. The van der Waals surface area contributed by atoms with E-state index in [1.807, 2.05) is 106 Å². The van der Waals surface area contributed by atoms with E-state index in [2.05, 4.69) is 11.3 Å². The van der Waals surface area contributed by atoms with Crippen LogP contribution in [0.4, 0.5) is 0 Å². The fraction of sp³-hybridized carbons (Fsp3) is 0.235. The lowest BCUT2D eigenvalue weighted by atomic mass is 10.2. The maximum atomic E-state index is 9.09. The Balaban J connectivity index is 0.000000247. The molecule has 4 aromatic rings. The molecule has 0 aliphatic rings. The van der Waals surface area contributed by atoms with Crippen LogP contribution in [0, 0.1) is 0 Å². The first-order valence-electron chi connectivity index (χ1n) is 13.3. The summed E-state index contributed by atoms with van der Waals surface area (Å²) >= 11 is 0. The lowest BCUT2D eigenvalue weighted by Crippen LogP contribution is -2.15. The first-order valence-corrected chi connectivity index (χ1v) is 13.3. The highest BCUT2D eigenvalue weighted by Crippen LogP contribution is 2.20. The fourth-order valence-corrected chi connectivity index (χ4v) is 3.22. The minimum atomic E-state index is -0.240. The van der Waals surface area contributed by atoms with Crippen molar-refractivity contribution >= 4 is 0 Å². The van der Waals surface area contributed by atoms with Crippen LogP contribution in [0.2, 0.25) is 0 Å². The molecule has 0 fully saturated rings. The zero-order chi connectivity index (χ0) is 28.8. The lowest BCUT2D eigenvalue weighted by molar-refractivity contribution is -0.0613. The second-order valence-corrected chi connectivity index (χ2v) is 8.28. The topological polar surface area (TPSA) is 66.4 Å². The van der Waals surface area contributed by atoms with Gasteiger partial charge in [-0.3, -0.25) is 0 Å². The van der Waals surface area contributed by atoms with Crippen molar-refractivity contribution in [2.75, 3.05) is 13.2 Å². The molecule has 4 rings (SSSR count). The van der Waals surface area contributed by atoms with Crippen LogP contribution in [0.5, 0.6) is 23.0 Å². The molecule has 0 amide bonds. The van der Waals surface area contributed by atoms with Crippen molar-refractivity contribution in [1.29, 1.82) is 0 Å². The van der Waals surface area contributed by atoms with E-state index in [0.717, 1.165) is 35.0 Å². The molecule has 0 aliphatic carbocycles. The summed E-state index contributed by atoms with van der Waals surface area (Å²) in [7, 11) is 0. The Morgan fingerprint density at radius 3 is 1.50 bits per heavy atom. The van der Waals surface area contributed by atoms with Crippen LogP contribution in [0.3, 0.4) is 0 Å². The second-order valence-electron chi connectivity index (χ2n) is 8.28. The molecule has 6 nitrogen and oxygen atoms in total. The van der Waals surface area contributed by atoms with E-state index in [0.29, 0.717) is 19.8 Å². The second kappa shape index (κ2) is 19.6. The Morgan fingerprint density at radius 2 is 1.10 bits per heavy atom. The largest absolute Gasteiger partial charge is 0.508 e. The molecule has 212 valence electrons. The van der Waals surface area contributed by atoms with Crippen molar-refractivity contribution in [1.82, 2.24) is 0 Å². The molecule has 4 aromatic carbocycles. The molecule has 6 heteroatoms. The molecular formula is C34H40O6. The van der Waals surface area contributed by atoms with Gasteiger partial charge in [0, 0.05) is 6.61 Å². The maximum Gasteiger partial charge on any atom is 0.196 e. The van der Waals surface area contributed by atoms with Gasteiger partial charge >= 0.3 is 0 Å². The van der Waals surface area contributed by atoms with Crippen LogP contribution >= 0.6 is 0 Å². The Hall–Kier alpha value is -4.42. The van der Waals surface area contributed by atoms with Gasteiger partial charge in [0.1, 0.15) is 36.2 Å². The Labute approximate surface area is 238 Å². The van der Waals surface area contributed by atoms with Gasteiger partial charge in [-0.15, -0.1) is 0 Å². The van der Waals surface area contributed by atoms with Crippen molar-refractivity contribution in [2.24, 2.45) is 0 Å². The van der Waals surface area contributed by atoms with Crippen molar-refractivity contribution < 1.29 is 28.8 Å². The van der Waals surface area contributed by atoms with E-state index in [4.69, 9.17) is 24.1 Å². The number of hydrogen-bond donors (Lipinski definition) is 1. The molecule has 1 atom stereocenters. The summed E-state index contributed by atoms with van der Waals surface area (Å²) in [5.74, 6) is 2.61. The van der Waals surface area contributed by atoms with Crippen LogP contribution in [0.15, 0.2) is 122 Å². The molecule has 0 saturated carbocycles. The third kappa shape index (κ3) is 13.9. The minimum Gasteiger partial charge on any atom is -0.508 e. The van der Waals surface area contributed by atoms with Gasteiger partial charge in [-0.25, -0.2) is 0 Å². The fourth-order valence-electron chi connectivity index (χ4n) is 3.22. The van der Waals surface area contributed by atoms with Crippen LogP contribution in [-0.2, 0) is 22.7 Å². The van der Waals surface area contributed by atoms with Crippen LogP contribution in [0.1, 0.15) is 31.9 Å². The molecule has 0 aromatic heterocycles. The minimum absolute atomic E-state index is 0.240. The van der Waals surface area contributed by atoms with Gasteiger partial charge in [0.15, 0.2) is 6.29 Å². The van der Waals surface area contributed by atoms with E-state index >= 15 is 0 Å². The lowest BCUT2D eigenvalue weighted by Gasteiger charge is -2.14. The molecule has 0 saturated heterocycles. The van der Waals surface area contributed by atoms with E-state index in [1.54, 1.807) is 24.3 Å². The standard InChI is InChI=1S/C17H20O3.C13H12O2.C4H8O/c1-3-18-14(2)20-17-11-9-16(10-12-17)19-13-15-7-5-4-6-8-15;14-12-6-8-13(9-7-12)15-10-11-4-2-1-3-5-11;1-3-5-4-2/h4-12,14H,3,13H2,1-2H3;1-9,14H,10H2;3H,1,4H2,2H3. The van der Waals surface area contributed by atoms with Gasteiger partial charge in [-0.1, -0.05) is 67.2 Å². The monoisotopic (exact) mass is 544 g/mol. The Kier molecular flexibility index (Phi) is 15.6. The molecule has 1 unspecified atom stereocenters.